The predicted octanol–water partition coefficient (Wildman–Crippen LogP) is 2.84. The molecule has 0 aromatic heterocycles. The van der Waals surface area contributed by atoms with Crippen molar-refractivity contribution in [2.24, 2.45) is 0 Å². The lowest BCUT2D eigenvalue weighted by Crippen LogP contribution is -2.59. The van der Waals surface area contributed by atoms with Crippen molar-refractivity contribution in [2.75, 3.05) is 11.9 Å². The molecule has 112 valence electrons. The van der Waals surface area contributed by atoms with Gasteiger partial charge >= 0.3 is 6.03 Å². The van der Waals surface area contributed by atoms with Crippen LogP contribution in [0.1, 0.15) is 11.7 Å². The van der Waals surface area contributed by atoms with E-state index in [1.54, 1.807) is 25.2 Å². The summed E-state index contributed by atoms with van der Waals surface area (Å²) in [7, 11) is 1.67. The fourth-order valence-corrected chi connectivity index (χ4v) is 2.74. The topological polar surface area (TPSA) is 55.8 Å². The van der Waals surface area contributed by atoms with Crippen molar-refractivity contribution in [2.45, 2.75) is 6.17 Å². The van der Waals surface area contributed by atoms with Crippen LogP contribution in [0.2, 0.25) is 0 Å². The highest BCUT2D eigenvalue weighted by Gasteiger charge is 2.36. The first-order valence-corrected chi connectivity index (χ1v) is 7.21. The van der Waals surface area contributed by atoms with Gasteiger partial charge in [0, 0.05) is 12.6 Å². The Morgan fingerprint density at radius 1 is 1.09 bits per heavy atom. The zero-order valence-corrected chi connectivity index (χ0v) is 12.7. The molecule has 2 N–H and O–H groups in total. The van der Waals surface area contributed by atoms with E-state index < -0.39 is 6.17 Å². The van der Waals surface area contributed by atoms with Gasteiger partial charge in [-0.05, 0) is 30.4 Å². The van der Waals surface area contributed by atoms with E-state index in [2.05, 4.69) is 5.32 Å². The fraction of sp³-hybridized carbons (Fsp3) is 0.125. The van der Waals surface area contributed by atoms with Gasteiger partial charge in [-0.1, -0.05) is 36.4 Å². The zero-order chi connectivity index (χ0) is 15.7. The van der Waals surface area contributed by atoms with Gasteiger partial charge in [0.05, 0.1) is 5.69 Å². The molecule has 1 aliphatic heterocycles. The number of rotatable bonds is 2. The number of phenols is 1. The monoisotopic (exact) mass is 313 g/mol. The van der Waals surface area contributed by atoms with Gasteiger partial charge in [0.15, 0.2) is 5.11 Å². The van der Waals surface area contributed by atoms with Gasteiger partial charge in [-0.25, -0.2) is 9.69 Å². The van der Waals surface area contributed by atoms with Crippen molar-refractivity contribution in [1.29, 1.82) is 0 Å². The number of hydrogen-bond acceptors (Lipinski definition) is 3. The van der Waals surface area contributed by atoms with Crippen LogP contribution in [0.25, 0.3) is 0 Å². The van der Waals surface area contributed by atoms with E-state index in [0.29, 0.717) is 16.4 Å². The molecule has 3 rings (SSSR count). The maximum absolute atomic E-state index is 12.7. The first kappa shape index (κ1) is 14.3. The molecule has 2 aromatic rings. The van der Waals surface area contributed by atoms with Crippen LogP contribution in [-0.2, 0) is 0 Å². The number of para-hydroxylation sites is 2. The van der Waals surface area contributed by atoms with E-state index >= 15 is 0 Å². The Morgan fingerprint density at radius 2 is 1.73 bits per heavy atom. The summed E-state index contributed by atoms with van der Waals surface area (Å²) in [5.41, 5.74) is 1.31. The number of nitrogens with zero attached hydrogens (tertiary/aromatic N) is 2. The van der Waals surface area contributed by atoms with Crippen molar-refractivity contribution < 1.29 is 9.90 Å². The molecular weight excluding hydrogens is 298 g/mol. The van der Waals surface area contributed by atoms with E-state index in [1.807, 2.05) is 36.4 Å². The number of aromatic hydroxyl groups is 1. The van der Waals surface area contributed by atoms with Gasteiger partial charge in [-0.15, -0.1) is 0 Å². The molecule has 1 heterocycles. The largest absolute Gasteiger partial charge is 0.508 e. The molecule has 1 saturated heterocycles. The number of carbonyl (C=O) groups excluding carboxylic acids is 1. The lowest BCUT2D eigenvalue weighted by atomic mass is 10.1. The van der Waals surface area contributed by atoms with Gasteiger partial charge in [0.1, 0.15) is 11.9 Å². The number of nitrogens with one attached hydrogen (secondary N) is 1. The van der Waals surface area contributed by atoms with E-state index in [0.717, 1.165) is 0 Å². The highest BCUT2D eigenvalue weighted by atomic mass is 32.1. The minimum absolute atomic E-state index is 0.121. The van der Waals surface area contributed by atoms with Gasteiger partial charge in [0.2, 0.25) is 0 Å². The fourth-order valence-electron chi connectivity index (χ4n) is 2.44. The van der Waals surface area contributed by atoms with Crippen molar-refractivity contribution in [3.8, 4) is 5.75 Å². The predicted molar refractivity (Wildman–Crippen MR) is 88.7 cm³/mol. The highest BCUT2D eigenvalue weighted by Crippen LogP contribution is 2.30. The van der Waals surface area contributed by atoms with Crippen molar-refractivity contribution in [3.05, 3.63) is 60.2 Å². The summed E-state index contributed by atoms with van der Waals surface area (Å²) in [5.74, 6) is 0.121. The first-order valence-electron chi connectivity index (χ1n) is 6.80. The van der Waals surface area contributed by atoms with E-state index in [9.17, 15) is 9.90 Å². The number of benzene rings is 2. The maximum atomic E-state index is 12.7. The van der Waals surface area contributed by atoms with E-state index in [-0.39, 0.29) is 11.8 Å². The van der Waals surface area contributed by atoms with Crippen LogP contribution in [0.15, 0.2) is 54.6 Å². The molecule has 0 radical (unpaired) electrons. The molecule has 6 heteroatoms. The minimum atomic E-state index is -0.499. The smallest absolute Gasteiger partial charge is 0.332 e. The molecule has 0 aliphatic carbocycles. The molecule has 0 bridgehead atoms. The molecule has 2 aromatic carbocycles. The summed E-state index contributed by atoms with van der Waals surface area (Å²) in [5, 5.41) is 13.4. The standard InChI is InChI=1S/C16H15N3O2S/c1-18-14(12-9-5-6-10-13(12)20)17-15(22)19(16(18)21)11-7-3-2-4-8-11/h2-10,14,20H,1H3,(H,17,22)/t14-/m0/s1. The average molecular weight is 313 g/mol. The second kappa shape index (κ2) is 5.65. The third-order valence-corrected chi connectivity index (χ3v) is 3.89. The van der Waals surface area contributed by atoms with Crippen molar-refractivity contribution in [3.63, 3.8) is 0 Å². The Kier molecular flexibility index (Phi) is 3.68. The molecule has 5 nitrogen and oxygen atoms in total. The highest BCUT2D eigenvalue weighted by molar-refractivity contribution is 7.80. The number of amides is 2. The van der Waals surface area contributed by atoms with Crippen LogP contribution in [-0.4, -0.2) is 28.2 Å². The van der Waals surface area contributed by atoms with Crippen molar-refractivity contribution >= 4 is 29.0 Å². The number of phenolic OH excluding ortho intramolecular Hbond substituents is 1. The third kappa shape index (κ3) is 2.37. The number of thiocarbonyl (C=S) groups is 1. The molecule has 1 aliphatic rings. The molecule has 0 saturated carbocycles. The van der Waals surface area contributed by atoms with Gasteiger partial charge in [-0.2, -0.15) is 0 Å². The molecule has 22 heavy (non-hydrogen) atoms. The van der Waals surface area contributed by atoms with Gasteiger partial charge in [-0.3, -0.25) is 0 Å². The summed E-state index contributed by atoms with van der Waals surface area (Å²) in [4.78, 5) is 15.6. The number of hydrogen-bond donors (Lipinski definition) is 2. The first-order chi connectivity index (χ1) is 10.6. The van der Waals surface area contributed by atoms with Crippen LogP contribution in [0, 0.1) is 0 Å². The Bertz CT molecular complexity index is 720. The number of urea groups is 1. The Hall–Kier alpha value is -2.60. The summed E-state index contributed by atoms with van der Waals surface area (Å²) in [6.45, 7) is 0. The second-order valence-corrected chi connectivity index (χ2v) is 5.36. The molecular formula is C16H15N3O2S. The lowest BCUT2D eigenvalue weighted by molar-refractivity contribution is 0.188. The minimum Gasteiger partial charge on any atom is -0.508 e. The SMILES string of the molecule is CN1C(=O)N(c2ccccc2)C(=S)N[C@@H]1c1ccccc1O. The average Bonchev–Trinajstić information content (AvgIpc) is 2.53. The second-order valence-electron chi connectivity index (χ2n) is 4.98. The van der Waals surface area contributed by atoms with Crippen LogP contribution < -0.4 is 10.2 Å². The third-order valence-electron chi connectivity index (χ3n) is 3.59. The molecule has 1 atom stereocenters. The molecule has 0 spiro atoms. The quantitative estimate of drug-likeness (QED) is 0.837. The normalized spacial score (nSPS) is 18.3. The summed E-state index contributed by atoms with van der Waals surface area (Å²) in [6.07, 6.45) is -0.499. The van der Waals surface area contributed by atoms with Gasteiger partial charge < -0.3 is 15.3 Å². The van der Waals surface area contributed by atoms with Crippen molar-refractivity contribution in [1.82, 2.24) is 10.2 Å². The number of carbonyl (C=O) groups is 1. The Balaban J connectivity index is 1.95. The number of anilines is 1. The summed E-state index contributed by atoms with van der Waals surface area (Å²) >= 11 is 5.35. The molecule has 0 unspecified atom stereocenters. The summed E-state index contributed by atoms with van der Waals surface area (Å²) < 4.78 is 0. The Labute approximate surface area is 133 Å². The lowest BCUT2D eigenvalue weighted by Gasteiger charge is -2.40. The van der Waals surface area contributed by atoms with E-state index in [1.165, 1.54) is 9.80 Å². The van der Waals surface area contributed by atoms with Gasteiger partial charge in [0.25, 0.3) is 0 Å². The van der Waals surface area contributed by atoms with Crippen LogP contribution in [0.5, 0.6) is 5.75 Å². The summed E-state index contributed by atoms with van der Waals surface area (Å²) in [6, 6.07) is 15.9. The van der Waals surface area contributed by atoms with E-state index in [4.69, 9.17) is 12.2 Å². The maximum Gasteiger partial charge on any atom is 0.332 e. The van der Waals surface area contributed by atoms with Crippen LogP contribution in [0.4, 0.5) is 10.5 Å². The molecule has 2 amide bonds. The molecule has 1 fully saturated rings. The van der Waals surface area contributed by atoms with Crippen LogP contribution >= 0.6 is 12.2 Å². The van der Waals surface area contributed by atoms with Crippen LogP contribution in [0.3, 0.4) is 0 Å². The Morgan fingerprint density at radius 3 is 2.41 bits per heavy atom. The zero-order valence-electron chi connectivity index (χ0n) is 11.9.